The average Bonchev–Trinajstić information content (AvgIpc) is 2.87. The van der Waals surface area contributed by atoms with E-state index in [-0.39, 0.29) is 6.61 Å². The average molecular weight is 488 g/mol. The van der Waals surface area contributed by atoms with Crippen molar-refractivity contribution in [2.75, 3.05) is 47.7 Å². The van der Waals surface area contributed by atoms with Gasteiger partial charge in [-0.05, 0) is 50.1 Å². The van der Waals surface area contributed by atoms with Crippen molar-refractivity contribution in [3.63, 3.8) is 0 Å². The van der Waals surface area contributed by atoms with Crippen LogP contribution < -0.4 is 29.0 Å². The number of carbonyl (C=O) groups excluding carboxylic acids is 2. The smallest absolute Gasteiger partial charge is 0.331 e. The summed E-state index contributed by atoms with van der Waals surface area (Å²) in [5.74, 6) is 1.78. The molecule has 0 unspecified atom stereocenters. The second-order valence-electron chi connectivity index (χ2n) is 7.14. The van der Waals surface area contributed by atoms with Crippen LogP contribution in [-0.2, 0) is 20.7 Å². The molecule has 1 amide bonds. The molecular formula is C26H33NO8. The SMILES string of the molecule is CCOc1ccc(CCNC(=O)COC(=O)/C=C/c2cc(OC)c(OC)cc2OC)cc1OCC. The summed E-state index contributed by atoms with van der Waals surface area (Å²) in [6.07, 6.45) is 3.32. The maximum absolute atomic E-state index is 12.1. The molecule has 0 saturated heterocycles. The number of benzene rings is 2. The van der Waals surface area contributed by atoms with Crippen LogP contribution >= 0.6 is 0 Å². The molecule has 0 aromatic heterocycles. The third-order valence-corrected chi connectivity index (χ3v) is 4.82. The maximum Gasteiger partial charge on any atom is 0.331 e. The van der Waals surface area contributed by atoms with Crippen LogP contribution in [0.15, 0.2) is 36.4 Å². The first-order valence-electron chi connectivity index (χ1n) is 11.3. The topological polar surface area (TPSA) is 102 Å². The summed E-state index contributed by atoms with van der Waals surface area (Å²) in [6.45, 7) is 4.89. The van der Waals surface area contributed by atoms with Gasteiger partial charge < -0.3 is 33.7 Å². The lowest BCUT2D eigenvalue weighted by Gasteiger charge is -2.12. The summed E-state index contributed by atoms with van der Waals surface area (Å²) in [5, 5.41) is 2.73. The molecule has 0 heterocycles. The van der Waals surface area contributed by atoms with Crippen LogP contribution in [-0.4, -0.2) is 59.6 Å². The number of hydrogen-bond acceptors (Lipinski definition) is 8. The molecule has 0 bridgehead atoms. The fraction of sp³-hybridized carbons (Fsp3) is 0.385. The number of amides is 1. The number of carbonyl (C=O) groups is 2. The predicted molar refractivity (Wildman–Crippen MR) is 132 cm³/mol. The van der Waals surface area contributed by atoms with Crippen molar-refractivity contribution in [3.8, 4) is 28.7 Å². The number of methoxy groups -OCH3 is 3. The zero-order valence-electron chi connectivity index (χ0n) is 20.8. The zero-order chi connectivity index (χ0) is 25.6. The van der Waals surface area contributed by atoms with Gasteiger partial charge >= 0.3 is 5.97 Å². The minimum absolute atomic E-state index is 0.384. The first-order chi connectivity index (χ1) is 16.9. The Balaban J connectivity index is 1.84. The first kappa shape index (κ1) is 27.4. The van der Waals surface area contributed by atoms with E-state index in [4.69, 9.17) is 28.4 Å². The van der Waals surface area contributed by atoms with Crippen molar-refractivity contribution in [1.82, 2.24) is 5.32 Å². The Morgan fingerprint density at radius 3 is 2.14 bits per heavy atom. The van der Waals surface area contributed by atoms with Crippen molar-refractivity contribution in [1.29, 1.82) is 0 Å². The summed E-state index contributed by atoms with van der Waals surface area (Å²) in [6, 6.07) is 9.00. The lowest BCUT2D eigenvalue weighted by atomic mass is 10.1. The monoisotopic (exact) mass is 487 g/mol. The van der Waals surface area contributed by atoms with E-state index >= 15 is 0 Å². The van der Waals surface area contributed by atoms with Crippen LogP contribution in [0.25, 0.3) is 6.08 Å². The summed E-state index contributed by atoms with van der Waals surface area (Å²) in [7, 11) is 4.54. The van der Waals surface area contributed by atoms with Crippen molar-refractivity contribution in [3.05, 3.63) is 47.5 Å². The highest BCUT2D eigenvalue weighted by molar-refractivity contribution is 5.89. The zero-order valence-corrected chi connectivity index (χ0v) is 20.8. The van der Waals surface area contributed by atoms with E-state index in [9.17, 15) is 9.59 Å². The molecule has 0 saturated carbocycles. The Bertz CT molecular complexity index is 1020. The van der Waals surface area contributed by atoms with Gasteiger partial charge in [0.15, 0.2) is 29.6 Å². The predicted octanol–water partition coefficient (Wildman–Crippen LogP) is 3.43. The molecule has 9 nitrogen and oxygen atoms in total. The highest BCUT2D eigenvalue weighted by Gasteiger charge is 2.11. The molecule has 0 radical (unpaired) electrons. The van der Waals surface area contributed by atoms with Crippen LogP contribution in [0.3, 0.4) is 0 Å². The molecule has 2 aromatic carbocycles. The van der Waals surface area contributed by atoms with Gasteiger partial charge in [0.1, 0.15) is 5.75 Å². The van der Waals surface area contributed by atoms with E-state index in [1.165, 1.54) is 33.5 Å². The number of esters is 1. The van der Waals surface area contributed by atoms with Gasteiger partial charge in [0.05, 0.1) is 34.5 Å². The Hall–Kier alpha value is -3.88. The van der Waals surface area contributed by atoms with Gasteiger partial charge in [-0.1, -0.05) is 6.07 Å². The molecule has 0 fully saturated rings. The molecular weight excluding hydrogens is 454 g/mol. The van der Waals surface area contributed by atoms with E-state index in [0.29, 0.717) is 60.5 Å². The molecule has 2 aromatic rings. The Morgan fingerprint density at radius 2 is 1.49 bits per heavy atom. The number of nitrogens with one attached hydrogen (secondary N) is 1. The highest BCUT2D eigenvalue weighted by Crippen LogP contribution is 2.35. The first-order valence-corrected chi connectivity index (χ1v) is 11.3. The minimum atomic E-state index is -0.662. The van der Waals surface area contributed by atoms with Gasteiger partial charge in [0, 0.05) is 24.3 Å². The molecule has 0 aliphatic rings. The normalized spacial score (nSPS) is 10.5. The fourth-order valence-electron chi connectivity index (χ4n) is 3.17. The largest absolute Gasteiger partial charge is 0.496 e. The molecule has 9 heteroatoms. The van der Waals surface area contributed by atoms with E-state index < -0.39 is 11.9 Å². The second-order valence-corrected chi connectivity index (χ2v) is 7.14. The molecule has 190 valence electrons. The number of ether oxygens (including phenoxy) is 6. The Kier molecular flexibility index (Phi) is 11.3. The fourth-order valence-corrected chi connectivity index (χ4v) is 3.17. The summed E-state index contributed by atoms with van der Waals surface area (Å²) >= 11 is 0. The second kappa shape index (κ2) is 14.4. The lowest BCUT2D eigenvalue weighted by Crippen LogP contribution is -2.30. The molecule has 2 rings (SSSR count). The van der Waals surface area contributed by atoms with Crippen molar-refractivity contribution >= 4 is 18.0 Å². The molecule has 1 N–H and O–H groups in total. The van der Waals surface area contributed by atoms with Crippen molar-refractivity contribution < 1.29 is 38.0 Å². The van der Waals surface area contributed by atoms with E-state index in [0.717, 1.165) is 5.56 Å². The third kappa shape index (κ3) is 8.44. The van der Waals surface area contributed by atoms with E-state index in [2.05, 4.69) is 5.32 Å². The van der Waals surface area contributed by atoms with Crippen LogP contribution in [0.2, 0.25) is 0 Å². The van der Waals surface area contributed by atoms with Gasteiger partial charge in [-0.25, -0.2) is 4.79 Å². The number of rotatable bonds is 14. The van der Waals surface area contributed by atoms with E-state index in [1.807, 2.05) is 32.0 Å². The molecule has 0 aliphatic heterocycles. The Labute approximate surface area is 205 Å². The summed E-state index contributed by atoms with van der Waals surface area (Å²) in [5.41, 5.74) is 1.58. The molecule has 0 aliphatic carbocycles. The molecule has 35 heavy (non-hydrogen) atoms. The minimum Gasteiger partial charge on any atom is -0.496 e. The van der Waals surface area contributed by atoms with Gasteiger partial charge in [0.2, 0.25) is 0 Å². The summed E-state index contributed by atoms with van der Waals surface area (Å²) < 4.78 is 32.0. The number of hydrogen-bond donors (Lipinski definition) is 1. The van der Waals surface area contributed by atoms with Gasteiger partial charge in [0.25, 0.3) is 5.91 Å². The molecule has 0 atom stereocenters. The Morgan fingerprint density at radius 1 is 0.829 bits per heavy atom. The van der Waals surface area contributed by atoms with Crippen LogP contribution in [0.4, 0.5) is 0 Å². The highest BCUT2D eigenvalue weighted by atomic mass is 16.5. The van der Waals surface area contributed by atoms with Crippen LogP contribution in [0.5, 0.6) is 28.7 Å². The van der Waals surface area contributed by atoms with Gasteiger partial charge in [-0.15, -0.1) is 0 Å². The van der Waals surface area contributed by atoms with Crippen molar-refractivity contribution in [2.24, 2.45) is 0 Å². The summed E-state index contributed by atoms with van der Waals surface area (Å²) in [4.78, 5) is 24.1. The third-order valence-electron chi connectivity index (χ3n) is 4.82. The van der Waals surface area contributed by atoms with Crippen molar-refractivity contribution in [2.45, 2.75) is 20.3 Å². The lowest BCUT2D eigenvalue weighted by molar-refractivity contribution is -0.143. The van der Waals surface area contributed by atoms with Crippen LogP contribution in [0.1, 0.15) is 25.0 Å². The van der Waals surface area contributed by atoms with E-state index in [1.54, 1.807) is 12.1 Å². The van der Waals surface area contributed by atoms with Crippen LogP contribution in [0, 0.1) is 0 Å². The molecule has 0 spiro atoms. The quantitative estimate of drug-likeness (QED) is 0.320. The van der Waals surface area contributed by atoms with Gasteiger partial charge in [-0.3, -0.25) is 4.79 Å². The van der Waals surface area contributed by atoms with Gasteiger partial charge in [-0.2, -0.15) is 0 Å². The standard InChI is InChI=1S/C26H33NO8/c1-6-33-20-10-8-18(14-24(20)34-7-2)12-13-27-25(28)17-35-26(29)11-9-19-15-22(31-4)23(32-5)16-21(19)30-3/h8-11,14-16H,6-7,12-13,17H2,1-5H3,(H,27,28)/b11-9+. The maximum atomic E-state index is 12.1.